The fourth-order valence-corrected chi connectivity index (χ4v) is 6.08. The van der Waals surface area contributed by atoms with Crippen LogP contribution in [0, 0.1) is 13.8 Å². The zero-order chi connectivity index (χ0) is 25.8. The predicted octanol–water partition coefficient (Wildman–Crippen LogP) is 8.73. The minimum Gasteiger partial charge on any atom is -0.355 e. The lowest BCUT2D eigenvalue weighted by Gasteiger charge is -1.99. The molecule has 37 heavy (non-hydrogen) atoms. The van der Waals surface area contributed by atoms with Gasteiger partial charge < -0.3 is 9.97 Å². The summed E-state index contributed by atoms with van der Waals surface area (Å²) in [7, 11) is 0. The molecule has 1 aromatic carbocycles. The van der Waals surface area contributed by atoms with E-state index in [4.69, 9.17) is 9.97 Å². The lowest BCUT2D eigenvalue weighted by Crippen LogP contribution is -1.82. The fourth-order valence-electron chi connectivity index (χ4n) is 6.08. The third kappa shape index (κ3) is 3.66. The SMILES string of the molecule is CCC1=C(C)c2cc3[nH]c(cc4nc(cc5[nH]c(cc1n2)c(C)c5CC)-c1ccccc1-4)c(C)c3CC. The summed E-state index contributed by atoms with van der Waals surface area (Å²) in [4.78, 5) is 17.8. The van der Waals surface area contributed by atoms with Crippen molar-refractivity contribution in [3.05, 3.63) is 82.2 Å². The van der Waals surface area contributed by atoms with Gasteiger partial charge in [0, 0.05) is 33.2 Å². The quantitative estimate of drug-likeness (QED) is 0.268. The van der Waals surface area contributed by atoms with E-state index >= 15 is 0 Å². The van der Waals surface area contributed by atoms with Crippen molar-refractivity contribution in [3.63, 3.8) is 0 Å². The Hall–Kier alpha value is -3.92. The van der Waals surface area contributed by atoms with Crippen LogP contribution in [0.4, 0.5) is 0 Å². The number of aromatic amines is 2. The molecule has 186 valence electrons. The molecule has 2 aliphatic rings. The van der Waals surface area contributed by atoms with E-state index in [2.05, 4.69) is 100 Å². The molecular formula is C33H34N4. The van der Waals surface area contributed by atoms with Crippen molar-refractivity contribution < 1.29 is 0 Å². The first-order valence-electron chi connectivity index (χ1n) is 13.5. The van der Waals surface area contributed by atoms with Crippen molar-refractivity contribution >= 4 is 33.2 Å². The highest BCUT2D eigenvalue weighted by Gasteiger charge is 2.19. The first-order valence-corrected chi connectivity index (χ1v) is 13.5. The van der Waals surface area contributed by atoms with Gasteiger partial charge in [-0.1, -0.05) is 45.0 Å². The van der Waals surface area contributed by atoms with Crippen molar-refractivity contribution in [2.24, 2.45) is 0 Å². The van der Waals surface area contributed by atoms with Crippen molar-refractivity contribution in [1.29, 1.82) is 0 Å². The van der Waals surface area contributed by atoms with Crippen molar-refractivity contribution in [2.75, 3.05) is 0 Å². The standard InChI is InChI=1S/C33H34N4/c1-7-21-18(4)26-14-30-22(8-2)19(5)28(35-30)16-32-24-12-10-11-13-25(24)33(37-32)17-31-23(9-3)20(6)27(36-31)15-29(21)34-26/h10-17,35-36H,7-9H2,1-6H3. The fraction of sp³-hybridized carbons (Fsp3) is 0.273. The van der Waals surface area contributed by atoms with Crippen LogP contribution in [0.25, 0.3) is 55.7 Å². The Balaban J connectivity index is 1.82. The Kier molecular flexibility index (Phi) is 5.63. The molecule has 2 N–H and O–H groups in total. The largest absolute Gasteiger partial charge is 0.355 e. The van der Waals surface area contributed by atoms with Gasteiger partial charge >= 0.3 is 0 Å². The van der Waals surface area contributed by atoms with Gasteiger partial charge in [-0.25, -0.2) is 9.97 Å². The highest BCUT2D eigenvalue weighted by molar-refractivity contribution is 5.93. The molecule has 0 unspecified atom stereocenters. The Morgan fingerprint density at radius 2 is 1.03 bits per heavy atom. The molecule has 4 heteroatoms. The van der Waals surface area contributed by atoms with E-state index in [9.17, 15) is 0 Å². The molecule has 8 bridgehead atoms. The molecule has 3 aromatic heterocycles. The topological polar surface area (TPSA) is 57.4 Å². The van der Waals surface area contributed by atoms with Crippen LogP contribution >= 0.6 is 0 Å². The molecule has 0 spiro atoms. The maximum Gasteiger partial charge on any atom is 0.0737 e. The number of rotatable bonds is 3. The number of hydrogen-bond donors (Lipinski definition) is 2. The van der Waals surface area contributed by atoms with Gasteiger partial charge in [-0.2, -0.15) is 0 Å². The summed E-state index contributed by atoms with van der Waals surface area (Å²) in [6, 6.07) is 17.5. The number of H-pyrrole nitrogens is 2. The lowest BCUT2D eigenvalue weighted by molar-refractivity contribution is 1.14. The number of fused-ring (bicyclic) bond motifs is 11. The zero-order valence-electron chi connectivity index (χ0n) is 22.6. The summed E-state index contributed by atoms with van der Waals surface area (Å²) < 4.78 is 0. The van der Waals surface area contributed by atoms with Crippen LogP contribution in [0.15, 0.2) is 48.5 Å². The van der Waals surface area contributed by atoms with E-state index in [1.54, 1.807) is 0 Å². The van der Waals surface area contributed by atoms with Gasteiger partial charge in [0.05, 0.1) is 22.8 Å². The van der Waals surface area contributed by atoms with E-state index < -0.39 is 0 Å². The number of aromatic nitrogens is 4. The zero-order valence-corrected chi connectivity index (χ0v) is 22.6. The van der Waals surface area contributed by atoms with Gasteiger partial charge in [-0.3, -0.25) is 0 Å². The Morgan fingerprint density at radius 3 is 1.54 bits per heavy atom. The molecule has 0 radical (unpaired) electrons. The molecule has 4 aromatic rings. The summed E-state index contributed by atoms with van der Waals surface area (Å²) in [6.45, 7) is 13.3. The third-order valence-electron chi connectivity index (χ3n) is 8.19. The third-order valence-corrected chi connectivity index (χ3v) is 8.19. The second-order valence-electron chi connectivity index (χ2n) is 10.2. The maximum atomic E-state index is 5.16. The summed E-state index contributed by atoms with van der Waals surface area (Å²) in [6.07, 6.45) is 2.86. The Labute approximate surface area is 218 Å². The predicted molar refractivity (Wildman–Crippen MR) is 156 cm³/mol. The smallest absolute Gasteiger partial charge is 0.0737 e. The van der Waals surface area contributed by atoms with Gasteiger partial charge in [0.15, 0.2) is 0 Å². The first kappa shape index (κ1) is 23.5. The Bertz CT molecular complexity index is 1760. The number of nitrogens with zero attached hydrogens (tertiary/aromatic N) is 2. The average Bonchev–Trinajstić information content (AvgIpc) is 3.57. The molecule has 0 fully saturated rings. The van der Waals surface area contributed by atoms with E-state index in [0.717, 1.165) is 64.1 Å². The first-order chi connectivity index (χ1) is 17.9. The number of benzene rings is 1. The summed E-state index contributed by atoms with van der Waals surface area (Å²) in [5, 5.41) is 0. The van der Waals surface area contributed by atoms with Gasteiger partial charge in [0.1, 0.15) is 0 Å². The normalized spacial score (nSPS) is 12.8. The van der Waals surface area contributed by atoms with E-state index in [1.807, 2.05) is 0 Å². The summed E-state index contributed by atoms with van der Waals surface area (Å²) >= 11 is 0. The molecule has 0 saturated carbocycles. The second-order valence-corrected chi connectivity index (χ2v) is 10.2. The van der Waals surface area contributed by atoms with Crippen LogP contribution in [0.2, 0.25) is 0 Å². The van der Waals surface area contributed by atoms with Gasteiger partial charge in [-0.05, 0) is 97.7 Å². The molecule has 0 saturated heterocycles. The molecule has 0 aliphatic carbocycles. The molecule has 6 rings (SSSR count). The monoisotopic (exact) mass is 486 g/mol. The minimum atomic E-state index is 0.952. The van der Waals surface area contributed by atoms with Crippen molar-refractivity contribution in [2.45, 2.75) is 60.8 Å². The van der Waals surface area contributed by atoms with Gasteiger partial charge in [-0.15, -0.1) is 0 Å². The maximum absolute atomic E-state index is 5.16. The number of nitrogens with one attached hydrogen (secondary N) is 2. The van der Waals surface area contributed by atoms with Crippen LogP contribution in [-0.4, -0.2) is 19.9 Å². The van der Waals surface area contributed by atoms with Gasteiger partial charge in [0.2, 0.25) is 0 Å². The molecule has 0 atom stereocenters. The van der Waals surface area contributed by atoms with Crippen LogP contribution in [0.1, 0.15) is 67.8 Å². The minimum absolute atomic E-state index is 0.952. The van der Waals surface area contributed by atoms with E-state index in [-0.39, 0.29) is 0 Å². The summed E-state index contributed by atoms with van der Waals surface area (Å²) in [5.74, 6) is 0. The van der Waals surface area contributed by atoms with Crippen LogP contribution < -0.4 is 0 Å². The van der Waals surface area contributed by atoms with Crippen molar-refractivity contribution in [1.82, 2.24) is 19.9 Å². The Morgan fingerprint density at radius 1 is 0.568 bits per heavy atom. The van der Waals surface area contributed by atoms with Crippen LogP contribution in [0.5, 0.6) is 0 Å². The summed E-state index contributed by atoms with van der Waals surface area (Å²) in [5.41, 5.74) is 18.8. The number of hydrogen-bond acceptors (Lipinski definition) is 2. The van der Waals surface area contributed by atoms with Gasteiger partial charge in [0.25, 0.3) is 0 Å². The highest BCUT2D eigenvalue weighted by Crippen LogP contribution is 2.38. The lowest BCUT2D eigenvalue weighted by atomic mass is 10.0. The molecule has 2 aliphatic heterocycles. The van der Waals surface area contributed by atoms with E-state index in [0.29, 0.717) is 0 Å². The molecular weight excluding hydrogens is 452 g/mol. The molecule has 5 heterocycles. The number of aryl methyl sites for hydroxylation is 4. The highest BCUT2D eigenvalue weighted by atomic mass is 14.8. The van der Waals surface area contributed by atoms with Crippen LogP contribution in [-0.2, 0) is 12.8 Å². The number of allylic oxidation sites excluding steroid dienone is 2. The van der Waals surface area contributed by atoms with E-state index in [1.165, 1.54) is 44.5 Å². The average molecular weight is 487 g/mol. The molecule has 0 amide bonds. The van der Waals surface area contributed by atoms with Crippen LogP contribution in [0.3, 0.4) is 0 Å². The molecule has 4 nitrogen and oxygen atoms in total. The second kappa shape index (κ2) is 8.88. The van der Waals surface area contributed by atoms with Crippen molar-refractivity contribution in [3.8, 4) is 22.5 Å².